The molecule has 13 heavy (non-hydrogen) atoms. The number of methoxy groups -OCH3 is 1. The van der Waals surface area contributed by atoms with Crippen molar-refractivity contribution in [2.45, 2.75) is 39.2 Å². The van der Waals surface area contributed by atoms with Gasteiger partial charge in [0.15, 0.2) is 0 Å². The number of hydrogen-bond acceptors (Lipinski definition) is 3. The Bertz CT molecular complexity index is 180. The smallest absolute Gasteiger partial charge is 0.0704 e. The van der Waals surface area contributed by atoms with Crippen LogP contribution in [0, 0.1) is 0 Å². The van der Waals surface area contributed by atoms with Crippen molar-refractivity contribution < 1.29 is 4.74 Å². The Morgan fingerprint density at radius 3 is 3.00 bits per heavy atom. The molecule has 1 fully saturated rings. The van der Waals surface area contributed by atoms with Crippen molar-refractivity contribution in [2.75, 3.05) is 20.3 Å². The van der Waals surface area contributed by atoms with E-state index in [1.165, 1.54) is 18.6 Å². The van der Waals surface area contributed by atoms with Crippen LogP contribution >= 0.6 is 0 Å². The molecule has 0 aliphatic carbocycles. The highest BCUT2D eigenvalue weighted by atomic mass is 16.5. The standard InChI is InChI=1S/C10H20N2O/c1-4-9(2)11-12-7-5-6-10(12)8-13-3/h10H,4-8H2,1-3H3/b11-9-/t10-/m0/s1. The van der Waals surface area contributed by atoms with Gasteiger partial charge in [-0.1, -0.05) is 6.92 Å². The molecule has 0 radical (unpaired) electrons. The highest BCUT2D eigenvalue weighted by molar-refractivity contribution is 5.81. The molecule has 3 heteroatoms. The first-order valence-electron chi connectivity index (χ1n) is 5.07. The Balaban J connectivity index is 2.48. The minimum Gasteiger partial charge on any atom is -0.382 e. The minimum atomic E-state index is 0.506. The molecule has 0 aromatic rings. The monoisotopic (exact) mass is 184 g/mol. The first-order valence-corrected chi connectivity index (χ1v) is 5.07. The molecular weight excluding hydrogens is 164 g/mol. The van der Waals surface area contributed by atoms with Crippen molar-refractivity contribution in [3.8, 4) is 0 Å². The Labute approximate surface area is 80.8 Å². The van der Waals surface area contributed by atoms with Crippen molar-refractivity contribution in [1.29, 1.82) is 0 Å². The molecule has 0 N–H and O–H groups in total. The highest BCUT2D eigenvalue weighted by Crippen LogP contribution is 2.17. The molecule has 0 aromatic heterocycles. The molecule has 1 rings (SSSR count). The number of ether oxygens (including phenoxy) is 1. The van der Waals surface area contributed by atoms with Gasteiger partial charge in [0.25, 0.3) is 0 Å². The number of hydrazone groups is 1. The van der Waals surface area contributed by atoms with E-state index in [9.17, 15) is 0 Å². The van der Waals surface area contributed by atoms with E-state index >= 15 is 0 Å². The quantitative estimate of drug-likeness (QED) is 0.623. The maximum Gasteiger partial charge on any atom is 0.0704 e. The SMILES string of the molecule is CC/C(C)=N\N1CCC[C@H]1COC. The molecule has 76 valence electrons. The molecule has 1 heterocycles. The molecule has 3 nitrogen and oxygen atoms in total. The summed E-state index contributed by atoms with van der Waals surface area (Å²) in [4.78, 5) is 0. The predicted octanol–water partition coefficient (Wildman–Crippen LogP) is 1.88. The van der Waals surface area contributed by atoms with Gasteiger partial charge in [-0.25, -0.2) is 0 Å². The Hall–Kier alpha value is -0.570. The molecule has 1 atom stereocenters. The average Bonchev–Trinajstić information content (AvgIpc) is 2.54. The normalized spacial score (nSPS) is 24.1. The second-order valence-electron chi connectivity index (χ2n) is 3.60. The average molecular weight is 184 g/mol. The fourth-order valence-corrected chi connectivity index (χ4v) is 1.60. The van der Waals surface area contributed by atoms with E-state index in [1.807, 2.05) is 0 Å². The van der Waals surface area contributed by atoms with Gasteiger partial charge in [-0.05, 0) is 26.2 Å². The van der Waals surface area contributed by atoms with Crippen molar-refractivity contribution in [2.24, 2.45) is 5.10 Å². The van der Waals surface area contributed by atoms with E-state index in [0.29, 0.717) is 6.04 Å². The van der Waals surface area contributed by atoms with Gasteiger partial charge in [0, 0.05) is 19.4 Å². The van der Waals surface area contributed by atoms with Gasteiger partial charge in [0.05, 0.1) is 12.6 Å². The van der Waals surface area contributed by atoms with Gasteiger partial charge in [0.2, 0.25) is 0 Å². The first-order chi connectivity index (χ1) is 6.27. The third kappa shape index (κ3) is 2.99. The van der Waals surface area contributed by atoms with Gasteiger partial charge in [-0.3, -0.25) is 5.01 Å². The zero-order valence-electron chi connectivity index (χ0n) is 8.92. The fourth-order valence-electron chi connectivity index (χ4n) is 1.60. The summed E-state index contributed by atoms with van der Waals surface area (Å²) in [5.74, 6) is 0. The van der Waals surface area contributed by atoms with E-state index in [0.717, 1.165) is 19.6 Å². The fraction of sp³-hybridized carbons (Fsp3) is 0.900. The lowest BCUT2D eigenvalue weighted by molar-refractivity contribution is 0.118. The Morgan fingerprint density at radius 2 is 2.38 bits per heavy atom. The minimum absolute atomic E-state index is 0.506. The van der Waals surface area contributed by atoms with E-state index in [-0.39, 0.29) is 0 Å². The van der Waals surface area contributed by atoms with E-state index in [2.05, 4.69) is 24.0 Å². The van der Waals surface area contributed by atoms with Crippen LogP contribution in [0.3, 0.4) is 0 Å². The molecule has 0 aromatic carbocycles. The summed E-state index contributed by atoms with van der Waals surface area (Å²) >= 11 is 0. The molecule has 0 spiro atoms. The van der Waals surface area contributed by atoms with Crippen molar-refractivity contribution in [3.63, 3.8) is 0 Å². The number of rotatable bonds is 4. The number of hydrogen-bond donors (Lipinski definition) is 0. The van der Waals surface area contributed by atoms with Crippen LogP contribution in [0.15, 0.2) is 5.10 Å². The van der Waals surface area contributed by atoms with Gasteiger partial charge in [0.1, 0.15) is 0 Å². The van der Waals surface area contributed by atoms with Crippen LogP contribution in [0.1, 0.15) is 33.1 Å². The van der Waals surface area contributed by atoms with Crippen LogP contribution in [-0.2, 0) is 4.74 Å². The lowest BCUT2D eigenvalue weighted by Gasteiger charge is -2.21. The molecule has 0 bridgehead atoms. The zero-order chi connectivity index (χ0) is 9.68. The van der Waals surface area contributed by atoms with E-state index in [4.69, 9.17) is 4.74 Å². The van der Waals surface area contributed by atoms with Crippen LogP contribution in [0.25, 0.3) is 0 Å². The van der Waals surface area contributed by atoms with Crippen LogP contribution in [0.2, 0.25) is 0 Å². The molecule has 1 saturated heterocycles. The second kappa shape index (κ2) is 5.22. The van der Waals surface area contributed by atoms with Gasteiger partial charge >= 0.3 is 0 Å². The first kappa shape index (κ1) is 10.5. The summed E-state index contributed by atoms with van der Waals surface area (Å²) < 4.78 is 5.16. The van der Waals surface area contributed by atoms with Gasteiger partial charge < -0.3 is 4.74 Å². The van der Waals surface area contributed by atoms with Crippen LogP contribution in [0.4, 0.5) is 0 Å². The summed E-state index contributed by atoms with van der Waals surface area (Å²) in [5, 5.41) is 6.75. The maximum absolute atomic E-state index is 5.16. The molecule has 0 unspecified atom stereocenters. The van der Waals surface area contributed by atoms with Crippen molar-refractivity contribution in [3.05, 3.63) is 0 Å². The largest absolute Gasteiger partial charge is 0.382 e. The van der Waals surface area contributed by atoms with Gasteiger partial charge in [-0.2, -0.15) is 5.10 Å². The maximum atomic E-state index is 5.16. The molecular formula is C10H20N2O. The summed E-state index contributed by atoms with van der Waals surface area (Å²) in [5.41, 5.74) is 1.21. The van der Waals surface area contributed by atoms with Crippen molar-refractivity contribution in [1.82, 2.24) is 5.01 Å². The third-order valence-corrected chi connectivity index (χ3v) is 2.52. The van der Waals surface area contributed by atoms with Crippen LogP contribution in [0.5, 0.6) is 0 Å². The van der Waals surface area contributed by atoms with E-state index in [1.54, 1.807) is 7.11 Å². The highest BCUT2D eigenvalue weighted by Gasteiger charge is 2.22. The lowest BCUT2D eigenvalue weighted by atomic mass is 10.2. The summed E-state index contributed by atoms with van der Waals surface area (Å²) in [6.07, 6.45) is 3.50. The third-order valence-electron chi connectivity index (χ3n) is 2.52. The predicted molar refractivity (Wildman–Crippen MR) is 55.0 cm³/mol. The van der Waals surface area contributed by atoms with E-state index < -0.39 is 0 Å². The number of nitrogens with zero attached hydrogens (tertiary/aromatic N) is 2. The van der Waals surface area contributed by atoms with Crippen LogP contribution in [-0.4, -0.2) is 37.0 Å². The summed E-state index contributed by atoms with van der Waals surface area (Å²) in [7, 11) is 1.76. The molecule has 1 aliphatic heterocycles. The van der Waals surface area contributed by atoms with Gasteiger partial charge in [-0.15, -0.1) is 0 Å². The zero-order valence-corrected chi connectivity index (χ0v) is 8.92. The van der Waals surface area contributed by atoms with Crippen LogP contribution < -0.4 is 0 Å². The molecule has 0 amide bonds. The second-order valence-corrected chi connectivity index (χ2v) is 3.60. The summed E-state index contributed by atoms with van der Waals surface area (Å²) in [6, 6.07) is 0.506. The molecule has 0 saturated carbocycles. The Kier molecular flexibility index (Phi) is 4.22. The molecule has 1 aliphatic rings. The lowest BCUT2D eigenvalue weighted by Crippen LogP contribution is -2.29. The summed E-state index contributed by atoms with van der Waals surface area (Å²) in [6.45, 7) is 6.12. The topological polar surface area (TPSA) is 24.8 Å². The van der Waals surface area contributed by atoms with Crippen molar-refractivity contribution >= 4 is 5.71 Å². The Morgan fingerprint density at radius 1 is 1.62 bits per heavy atom.